The quantitative estimate of drug-likeness (QED) is 0.735. The van der Waals surface area contributed by atoms with Crippen LogP contribution in [0.25, 0.3) is 0 Å². The van der Waals surface area contributed by atoms with E-state index in [9.17, 15) is 0 Å². The molecule has 0 aromatic heterocycles. The average molecular weight is 267 g/mol. The van der Waals surface area contributed by atoms with E-state index in [0.29, 0.717) is 0 Å². The maximum atomic E-state index is 5.67. The molecule has 0 amide bonds. The number of benzene rings is 1. The highest BCUT2D eigenvalue weighted by molar-refractivity contribution is 5.28. The lowest BCUT2D eigenvalue weighted by Gasteiger charge is -2.22. The van der Waals surface area contributed by atoms with Crippen LogP contribution in [-0.4, -0.2) is 32.7 Å². The molecule has 0 aliphatic carbocycles. The van der Waals surface area contributed by atoms with Gasteiger partial charge in [0.15, 0.2) is 6.29 Å². The number of methoxy groups -OCH3 is 2. The smallest absolute Gasteiger partial charge is 0.171 e. The first-order chi connectivity index (χ1) is 9.06. The third-order valence-corrected chi connectivity index (χ3v) is 2.77. The molecule has 108 valence electrons. The Hall–Kier alpha value is -1.10. The van der Waals surface area contributed by atoms with Gasteiger partial charge in [0.05, 0.1) is 12.1 Å². The van der Waals surface area contributed by atoms with Crippen molar-refractivity contribution in [1.82, 2.24) is 5.32 Å². The van der Waals surface area contributed by atoms with Crippen molar-refractivity contribution >= 4 is 0 Å². The molecule has 0 radical (unpaired) electrons. The summed E-state index contributed by atoms with van der Waals surface area (Å²) in [7, 11) is 3.28. The maximum absolute atomic E-state index is 5.67. The van der Waals surface area contributed by atoms with Crippen LogP contribution in [-0.2, 0) is 16.0 Å². The molecule has 0 spiro atoms. The fraction of sp³-hybridized carbons (Fsp3) is 0.600. The third-order valence-electron chi connectivity index (χ3n) is 2.77. The Balaban J connectivity index is 2.53. The van der Waals surface area contributed by atoms with Crippen molar-refractivity contribution in [3.63, 3.8) is 0 Å². The van der Waals surface area contributed by atoms with Gasteiger partial charge < -0.3 is 19.5 Å². The number of hydrogen-bond acceptors (Lipinski definition) is 4. The van der Waals surface area contributed by atoms with Crippen LogP contribution in [0.3, 0.4) is 0 Å². The molecular weight excluding hydrogens is 242 g/mol. The topological polar surface area (TPSA) is 39.7 Å². The van der Waals surface area contributed by atoms with Crippen LogP contribution in [0.5, 0.6) is 5.75 Å². The predicted octanol–water partition coefficient (Wildman–Crippen LogP) is 2.57. The van der Waals surface area contributed by atoms with E-state index in [1.807, 2.05) is 39.0 Å². The zero-order valence-electron chi connectivity index (χ0n) is 12.5. The second-order valence-corrected chi connectivity index (χ2v) is 4.82. The van der Waals surface area contributed by atoms with E-state index < -0.39 is 0 Å². The van der Waals surface area contributed by atoms with E-state index >= 15 is 0 Å². The second-order valence-electron chi connectivity index (χ2n) is 4.82. The van der Waals surface area contributed by atoms with Crippen molar-refractivity contribution in [3.8, 4) is 5.75 Å². The van der Waals surface area contributed by atoms with Gasteiger partial charge in [0.25, 0.3) is 0 Å². The Kier molecular flexibility index (Phi) is 6.84. The largest absolute Gasteiger partial charge is 0.491 e. The summed E-state index contributed by atoms with van der Waals surface area (Å²) in [5.41, 5.74) is 1.18. The summed E-state index contributed by atoms with van der Waals surface area (Å²) in [6.07, 6.45) is -0.0522. The molecule has 1 N–H and O–H groups in total. The number of hydrogen-bond donors (Lipinski definition) is 1. The van der Waals surface area contributed by atoms with Crippen LogP contribution in [0.4, 0.5) is 0 Å². The number of ether oxygens (including phenoxy) is 3. The highest BCUT2D eigenvalue weighted by Crippen LogP contribution is 2.15. The highest BCUT2D eigenvalue weighted by atomic mass is 16.7. The standard InChI is InChI=1S/C15H25NO3/c1-11(2)19-14-8-6-7-13(9-14)10-16-12(3)15(17-4)18-5/h6-9,11-12,15-16H,10H2,1-5H3. The van der Waals surface area contributed by atoms with Crippen LogP contribution in [0, 0.1) is 0 Å². The molecule has 0 saturated heterocycles. The second kappa shape index (κ2) is 8.15. The highest BCUT2D eigenvalue weighted by Gasteiger charge is 2.14. The normalized spacial score (nSPS) is 13.0. The molecule has 4 nitrogen and oxygen atoms in total. The van der Waals surface area contributed by atoms with Gasteiger partial charge in [-0.15, -0.1) is 0 Å². The summed E-state index contributed by atoms with van der Waals surface area (Å²) >= 11 is 0. The Morgan fingerprint density at radius 2 is 1.79 bits per heavy atom. The summed E-state index contributed by atoms with van der Waals surface area (Å²) in [5, 5.41) is 3.38. The number of rotatable bonds is 8. The van der Waals surface area contributed by atoms with E-state index in [4.69, 9.17) is 14.2 Å². The zero-order chi connectivity index (χ0) is 14.3. The molecule has 0 heterocycles. The Bertz CT molecular complexity index is 364. The molecule has 4 heteroatoms. The fourth-order valence-corrected chi connectivity index (χ4v) is 1.88. The van der Waals surface area contributed by atoms with Crippen molar-refractivity contribution in [1.29, 1.82) is 0 Å². The van der Waals surface area contributed by atoms with Gasteiger partial charge in [-0.25, -0.2) is 0 Å². The summed E-state index contributed by atoms with van der Waals surface area (Å²) in [4.78, 5) is 0. The van der Waals surface area contributed by atoms with E-state index in [1.165, 1.54) is 5.56 Å². The van der Waals surface area contributed by atoms with Crippen molar-refractivity contribution in [2.45, 2.75) is 45.8 Å². The summed E-state index contributed by atoms with van der Waals surface area (Å²) in [5.74, 6) is 0.900. The molecule has 0 bridgehead atoms. The molecule has 0 fully saturated rings. The van der Waals surface area contributed by atoms with Gasteiger partial charge in [-0.05, 0) is 38.5 Å². The first-order valence-corrected chi connectivity index (χ1v) is 6.61. The molecule has 0 aliphatic heterocycles. The lowest BCUT2D eigenvalue weighted by molar-refractivity contribution is -0.119. The Morgan fingerprint density at radius 1 is 1.11 bits per heavy atom. The van der Waals surface area contributed by atoms with Crippen molar-refractivity contribution in [2.75, 3.05) is 14.2 Å². The first-order valence-electron chi connectivity index (χ1n) is 6.61. The van der Waals surface area contributed by atoms with Crippen LogP contribution >= 0.6 is 0 Å². The Labute approximate surface area is 116 Å². The third kappa shape index (κ3) is 5.59. The monoisotopic (exact) mass is 267 g/mol. The molecule has 0 aliphatic rings. The van der Waals surface area contributed by atoms with Crippen LogP contribution in [0.2, 0.25) is 0 Å². The molecule has 0 saturated carbocycles. The van der Waals surface area contributed by atoms with Gasteiger partial charge in [-0.1, -0.05) is 12.1 Å². The Morgan fingerprint density at radius 3 is 2.37 bits per heavy atom. The first kappa shape index (κ1) is 16.0. The van der Waals surface area contributed by atoms with Crippen LogP contribution < -0.4 is 10.1 Å². The lowest BCUT2D eigenvalue weighted by Crippen LogP contribution is -2.39. The molecule has 1 unspecified atom stereocenters. The molecule has 1 atom stereocenters. The molecular formula is C15H25NO3. The van der Waals surface area contributed by atoms with E-state index in [1.54, 1.807) is 14.2 Å². The van der Waals surface area contributed by atoms with Gasteiger partial charge in [0.1, 0.15) is 5.75 Å². The predicted molar refractivity (Wildman–Crippen MR) is 76.3 cm³/mol. The van der Waals surface area contributed by atoms with Crippen molar-refractivity contribution in [3.05, 3.63) is 29.8 Å². The van der Waals surface area contributed by atoms with E-state index in [-0.39, 0.29) is 18.4 Å². The SMILES string of the molecule is COC(OC)C(C)NCc1cccc(OC(C)C)c1. The lowest BCUT2D eigenvalue weighted by atomic mass is 10.2. The summed E-state index contributed by atoms with van der Waals surface area (Å²) in [6, 6.07) is 8.21. The minimum absolute atomic E-state index is 0.115. The fourth-order valence-electron chi connectivity index (χ4n) is 1.88. The van der Waals surface area contributed by atoms with Gasteiger partial charge in [0.2, 0.25) is 0 Å². The van der Waals surface area contributed by atoms with Gasteiger partial charge in [0, 0.05) is 20.8 Å². The maximum Gasteiger partial charge on any atom is 0.171 e. The van der Waals surface area contributed by atoms with Gasteiger partial charge in [-0.3, -0.25) is 0 Å². The zero-order valence-corrected chi connectivity index (χ0v) is 12.5. The van der Waals surface area contributed by atoms with Crippen molar-refractivity contribution < 1.29 is 14.2 Å². The number of nitrogens with one attached hydrogen (secondary N) is 1. The molecule has 19 heavy (non-hydrogen) atoms. The van der Waals surface area contributed by atoms with E-state index in [2.05, 4.69) is 11.4 Å². The average Bonchev–Trinajstić information content (AvgIpc) is 2.37. The molecule has 1 aromatic rings. The van der Waals surface area contributed by atoms with E-state index in [0.717, 1.165) is 12.3 Å². The molecule has 1 rings (SSSR count). The van der Waals surface area contributed by atoms with Gasteiger partial charge >= 0.3 is 0 Å². The van der Waals surface area contributed by atoms with Crippen molar-refractivity contribution in [2.24, 2.45) is 0 Å². The summed E-state index contributed by atoms with van der Waals surface area (Å²) in [6.45, 7) is 6.83. The van der Waals surface area contributed by atoms with Gasteiger partial charge in [-0.2, -0.15) is 0 Å². The minimum atomic E-state index is -0.241. The summed E-state index contributed by atoms with van der Waals surface area (Å²) < 4.78 is 16.1. The molecule has 1 aromatic carbocycles. The minimum Gasteiger partial charge on any atom is -0.491 e. The van der Waals surface area contributed by atoms with Crippen LogP contribution in [0.1, 0.15) is 26.3 Å². The van der Waals surface area contributed by atoms with Crippen LogP contribution in [0.15, 0.2) is 24.3 Å².